The molecule has 2 aromatic rings. The Morgan fingerprint density at radius 3 is 2.32 bits per heavy atom. The molecule has 2 heterocycles. The maximum Gasteiger partial charge on any atom is 0.303 e. The zero-order valence-corrected chi connectivity index (χ0v) is 17.9. The third kappa shape index (κ3) is 3.55. The van der Waals surface area contributed by atoms with Gasteiger partial charge in [-0.2, -0.15) is 0 Å². The standard InChI is InChI=1S/C23H26O8/c1-13(24)31-23-12-30-21(14-6-8-18(26-2)20(9-14)28-4)16(23)11-29-22(23)15-5-7-17(25)19(10-15)27-3/h5-10,16,21-22,25H,11-12H2,1-4H3/t16-,21-,22-,23-/m1/s1. The van der Waals surface area contributed by atoms with Crippen molar-refractivity contribution in [3.63, 3.8) is 0 Å². The Morgan fingerprint density at radius 1 is 0.968 bits per heavy atom. The Hall–Kier alpha value is -2.97. The van der Waals surface area contributed by atoms with E-state index in [1.165, 1.54) is 20.1 Å². The van der Waals surface area contributed by atoms with E-state index in [9.17, 15) is 9.90 Å². The monoisotopic (exact) mass is 430 g/mol. The minimum atomic E-state index is -1.01. The van der Waals surface area contributed by atoms with Gasteiger partial charge < -0.3 is 33.5 Å². The highest BCUT2D eigenvalue weighted by Gasteiger charge is 2.62. The maximum atomic E-state index is 12.1. The third-order valence-electron chi connectivity index (χ3n) is 5.94. The van der Waals surface area contributed by atoms with Crippen LogP contribution in [0.4, 0.5) is 0 Å². The second-order valence-corrected chi connectivity index (χ2v) is 7.65. The lowest BCUT2D eigenvalue weighted by molar-refractivity contribution is -0.167. The van der Waals surface area contributed by atoms with Crippen molar-refractivity contribution in [3.05, 3.63) is 47.5 Å². The van der Waals surface area contributed by atoms with E-state index in [1.54, 1.807) is 26.4 Å². The van der Waals surface area contributed by atoms with Crippen LogP contribution in [-0.4, -0.2) is 51.2 Å². The molecule has 8 nitrogen and oxygen atoms in total. The third-order valence-corrected chi connectivity index (χ3v) is 5.94. The lowest BCUT2D eigenvalue weighted by Crippen LogP contribution is -2.43. The van der Waals surface area contributed by atoms with E-state index >= 15 is 0 Å². The van der Waals surface area contributed by atoms with E-state index < -0.39 is 17.7 Å². The van der Waals surface area contributed by atoms with Crippen LogP contribution in [-0.2, 0) is 19.0 Å². The van der Waals surface area contributed by atoms with Crippen LogP contribution in [0.25, 0.3) is 0 Å². The van der Waals surface area contributed by atoms with Crippen LogP contribution in [0.2, 0.25) is 0 Å². The number of hydrogen-bond acceptors (Lipinski definition) is 8. The normalized spacial score (nSPS) is 26.9. The molecule has 0 aromatic heterocycles. The number of fused-ring (bicyclic) bond motifs is 1. The van der Waals surface area contributed by atoms with E-state index in [-0.39, 0.29) is 24.4 Å². The molecule has 2 aromatic carbocycles. The van der Waals surface area contributed by atoms with Gasteiger partial charge in [-0.3, -0.25) is 4.79 Å². The van der Waals surface area contributed by atoms with E-state index in [0.29, 0.717) is 23.9 Å². The fourth-order valence-electron chi connectivity index (χ4n) is 4.56. The van der Waals surface area contributed by atoms with Gasteiger partial charge in [0.05, 0.1) is 46.6 Å². The first-order valence-electron chi connectivity index (χ1n) is 9.95. The minimum Gasteiger partial charge on any atom is -0.504 e. The van der Waals surface area contributed by atoms with Gasteiger partial charge in [0, 0.05) is 6.92 Å². The number of phenols is 1. The number of methoxy groups -OCH3 is 3. The highest BCUT2D eigenvalue weighted by atomic mass is 16.6. The van der Waals surface area contributed by atoms with E-state index in [0.717, 1.165) is 11.1 Å². The quantitative estimate of drug-likeness (QED) is 0.699. The lowest BCUT2D eigenvalue weighted by Gasteiger charge is -2.32. The molecule has 166 valence electrons. The second-order valence-electron chi connectivity index (χ2n) is 7.65. The molecular weight excluding hydrogens is 404 g/mol. The number of benzene rings is 2. The van der Waals surface area contributed by atoms with Gasteiger partial charge in [-0.1, -0.05) is 12.1 Å². The van der Waals surface area contributed by atoms with Gasteiger partial charge in [0.25, 0.3) is 0 Å². The molecule has 31 heavy (non-hydrogen) atoms. The number of esters is 1. The molecule has 0 bridgehead atoms. The number of ether oxygens (including phenoxy) is 6. The molecule has 0 unspecified atom stereocenters. The van der Waals surface area contributed by atoms with Crippen LogP contribution in [0, 0.1) is 5.92 Å². The lowest BCUT2D eigenvalue weighted by atomic mass is 9.80. The van der Waals surface area contributed by atoms with Gasteiger partial charge >= 0.3 is 5.97 Å². The number of rotatable bonds is 6. The number of carbonyl (C=O) groups excluding carboxylic acids is 1. The Bertz CT molecular complexity index is 974. The highest BCUT2D eigenvalue weighted by molar-refractivity contribution is 5.67. The van der Waals surface area contributed by atoms with Crippen LogP contribution < -0.4 is 14.2 Å². The van der Waals surface area contributed by atoms with E-state index in [4.69, 9.17) is 28.4 Å². The van der Waals surface area contributed by atoms with Gasteiger partial charge in [-0.25, -0.2) is 0 Å². The van der Waals surface area contributed by atoms with Crippen LogP contribution in [0.5, 0.6) is 23.0 Å². The molecule has 8 heteroatoms. The van der Waals surface area contributed by atoms with Gasteiger partial charge in [-0.15, -0.1) is 0 Å². The number of phenolic OH excluding ortho intramolecular Hbond substituents is 1. The van der Waals surface area contributed by atoms with Crippen molar-refractivity contribution in [3.8, 4) is 23.0 Å². The second kappa shape index (κ2) is 8.28. The highest BCUT2D eigenvalue weighted by Crippen LogP contribution is 2.56. The molecule has 2 saturated heterocycles. The SMILES string of the molecule is COc1cc([C@H]2OC[C@@H]3[C@@H](c4ccc(OC)c(OC)c4)OC[C@]23OC(C)=O)ccc1O. The summed E-state index contributed by atoms with van der Waals surface area (Å²) in [5.41, 5.74) is 0.602. The summed E-state index contributed by atoms with van der Waals surface area (Å²) < 4.78 is 34.2. The smallest absolute Gasteiger partial charge is 0.303 e. The zero-order chi connectivity index (χ0) is 22.2. The Labute approximate surface area is 180 Å². The fraction of sp³-hybridized carbons (Fsp3) is 0.435. The van der Waals surface area contributed by atoms with Gasteiger partial charge in [0.2, 0.25) is 0 Å². The Kier molecular flexibility index (Phi) is 5.68. The zero-order valence-electron chi connectivity index (χ0n) is 17.9. The molecule has 0 radical (unpaired) electrons. The summed E-state index contributed by atoms with van der Waals surface area (Å²) in [6, 6.07) is 10.6. The molecule has 1 N–H and O–H groups in total. The average molecular weight is 430 g/mol. The molecule has 2 aliphatic rings. The van der Waals surface area contributed by atoms with Crippen molar-refractivity contribution < 1.29 is 38.3 Å². The van der Waals surface area contributed by atoms with Crippen molar-refractivity contribution in [1.29, 1.82) is 0 Å². The summed E-state index contributed by atoms with van der Waals surface area (Å²) in [5.74, 6) is 0.896. The van der Waals surface area contributed by atoms with Gasteiger partial charge in [-0.05, 0) is 35.4 Å². The Morgan fingerprint density at radius 2 is 1.65 bits per heavy atom. The van der Waals surface area contributed by atoms with Gasteiger partial charge in [0.15, 0.2) is 28.6 Å². The largest absolute Gasteiger partial charge is 0.504 e. The van der Waals surface area contributed by atoms with Crippen molar-refractivity contribution in [2.75, 3.05) is 34.5 Å². The summed E-state index contributed by atoms with van der Waals surface area (Å²) in [6.45, 7) is 1.88. The molecule has 0 saturated carbocycles. The van der Waals surface area contributed by atoms with Crippen molar-refractivity contribution in [2.24, 2.45) is 5.92 Å². The first-order chi connectivity index (χ1) is 14.9. The number of hydrogen-bond donors (Lipinski definition) is 1. The van der Waals surface area contributed by atoms with E-state index in [2.05, 4.69) is 0 Å². The summed E-state index contributed by atoms with van der Waals surface area (Å²) in [4.78, 5) is 12.1. The summed E-state index contributed by atoms with van der Waals surface area (Å²) >= 11 is 0. The topological polar surface area (TPSA) is 92.7 Å². The fourth-order valence-corrected chi connectivity index (χ4v) is 4.56. The Balaban J connectivity index is 1.72. The molecule has 0 amide bonds. The summed E-state index contributed by atoms with van der Waals surface area (Å²) in [7, 11) is 4.63. The minimum absolute atomic E-state index is 0.0215. The molecule has 0 aliphatic carbocycles. The summed E-state index contributed by atoms with van der Waals surface area (Å²) in [5, 5.41) is 9.96. The predicted molar refractivity (Wildman–Crippen MR) is 110 cm³/mol. The van der Waals surface area contributed by atoms with Crippen LogP contribution >= 0.6 is 0 Å². The van der Waals surface area contributed by atoms with Crippen LogP contribution in [0.15, 0.2) is 36.4 Å². The molecule has 2 aliphatic heterocycles. The van der Waals surface area contributed by atoms with Crippen molar-refractivity contribution in [2.45, 2.75) is 24.7 Å². The maximum absolute atomic E-state index is 12.1. The number of carbonyl (C=O) groups is 1. The van der Waals surface area contributed by atoms with Crippen LogP contribution in [0.1, 0.15) is 30.3 Å². The molecule has 0 spiro atoms. The average Bonchev–Trinajstić information content (AvgIpc) is 3.29. The van der Waals surface area contributed by atoms with Crippen molar-refractivity contribution in [1.82, 2.24) is 0 Å². The van der Waals surface area contributed by atoms with Gasteiger partial charge in [0.1, 0.15) is 6.10 Å². The molecule has 4 rings (SSSR count). The van der Waals surface area contributed by atoms with E-state index in [1.807, 2.05) is 18.2 Å². The predicted octanol–water partition coefficient (Wildman–Crippen LogP) is 3.18. The first kappa shape index (κ1) is 21.3. The number of aromatic hydroxyl groups is 1. The first-order valence-corrected chi connectivity index (χ1v) is 9.95. The molecule has 4 atom stereocenters. The summed E-state index contributed by atoms with van der Waals surface area (Å²) in [6.07, 6.45) is -0.927. The molecular formula is C23H26O8. The van der Waals surface area contributed by atoms with Crippen molar-refractivity contribution >= 4 is 5.97 Å². The van der Waals surface area contributed by atoms with Crippen LogP contribution in [0.3, 0.4) is 0 Å². The molecule has 2 fully saturated rings.